The van der Waals surface area contributed by atoms with E-state index < -0.39 is 5.97 Å². The lowest BCUT2D eigenvalue weighted by molar-refractivity contribution is -0.141. The molecule has 7 nitrogen and oxygen atoms in total. The molecule has 3 aromatic heterocycles. The van der Waals surface area contributed by atoms with Crippen LogP contribution in [0.1, 0.15) is 5.76 Å². The van der Waals surface area contributed by atoms with Crippen LogP contribution in [0.25, 0.3) is 22.0 Å². The summed E-state index contributed by atoms with van der Waals surface area (Å²) in [7, 11) is 1.27. The van der Waals surface area contributed by atoms with Crippen molar-refractivity contribution >= 4 is 28.0 Å². The maximum atomic E-state index is 12.6. The Morgan fingerprint density at radius 1 is 1.55 bits per heavy atom. The normalized spacial score (nSPS) is 11.2. The van der Waals surface area contributed by atoms with Crippen LogP contribution in [-0.2, 0) is 22.6 Å². The number of aryl methyl sites for hydroxylation is 1. The fraction of sp³-hybridized carbons (Fsp3) is 0.267. The lowest BCUT2D eigenvalue weighted by Crippen LogP contribution is -2.28. The standard InChI is InChI=1S/C15H15N3O4/c1-4-5-17-11-6-9(2)22-14(11)10-7-16-18(8-12(19)21-3)15(20)13(10)17/h4,6-7H,1,5,8H2,2-3H3. The van der Waals surface area contributed by atoms with Crippen LogP contribution >= 0.6 is 0 Å². The topological polar surface area (TPSA) is 79.3 Å². The number of hydrogen-bond donors (Lipinski definition) is 0. The van der Waals surface area contributed by atoms with Gasteiger partial charge in [-0.15, -0.1) is 6.58 Å². The van der Waals surface area contributed by atoms with Crippen LogP contribution in [0.5, 0.6) is 0 Å². The van der Waals surface area contributed by atoms with E-state index in [2.05, 4.69) is 16.4 Å². The van der Waals surface area contributed by atoms with Crippen LogP contribution in [-0.4, -0.2) is 27.4 Å². The van der Waals surface area contributed by atoms with Crippen molar-refractivity contribution < 1.29 is 13.9 Å². The molecule has 0 fully saturated rings. The number of aromatic nitrogens is 3. The van der Waals surface area contributed by atoms with Crippen molar-refractivity contribution in [1.29, 1.82) is 0 Å². The van der Waals surface area contributed by atoms with Crippen LogP contribution in [0, 0.1) is 6.92 Å². The zero-order chi connectivity index (χ0) is 15.9. The summed E-state index contributed by atoms with van der Waals surface area (Å²) in [5.41, 5.74) is 1.49. The van der Waals surface area contributed by atoms with E-state index in [0.717, 1.165) is 16.0 Å². The van der Waals surface area contributed by atoms with Gasteiger partial charge < -0.3 is 13.7 Å². The van der Waals surface area contributed by atoms with Crippen molar-refractivity contribution in [1.82, 2.24) is 14.3 Å². The molecule has 0 radical (unpaired) electrons. The van der Waals surface area contributed by atoms with Gasteiger partial charge in [0, 0.05) is 12.6 Å². The Morgan fingerprint density at radius 3 is 3.00 bits per heavy atom. The van der Waals surface area contributed by atoms with Gasteiger partial charge >= 0.3 is 5.97 Å². The van der Waals surface area contributed by atoms with Gasteiger partial charge in [-0.3, -0.25) is 9.59 Å². The number of hydrogen-bond acceptors (Lipinski definition) is 5. The molecule has 0 aliphatic rings. The average molecular weight is 301 g/mol. The number of ether oxygens (including phenoxy) is 1. The highest BCUT2D eigenvalue weighted by Crippen LogP contribution is 2.29. The smallest absolute Gasteiger partial charge is 0.327 e. The maximum Gasteiger partial charge on any atom is 0.327 e. The van der Waals surface area contributed by atoms with Crippen molar-refractivity contribution in [3.05, 3.63) is 41.0 Å². The minimum absolute atomic E-state index is 0.231. The van der Waals surface area contributed by atoms with Crippen molar-refractivity contribution in [2.45, 2.75) is 20.0 Å². The molecule has 22 heavy (non-hydrogen) atoms. The molecule has 3 rings (SSSR count). The number of fused-ring (bicyclic) bond motifs is 3. The number of methoxy groups -OCH3 is 1. The first kappa shape index (κ1) is 14.1. The van der Waals surface area contributed by atoms with Crippen molar-refractivity contribution in [3.63, 3.8) is 0 Å². The van der Waals surface area contributed by atoms with Crippen LogP contribution in [0.3, 0.4) is 0 Å². The Labute approximate surface area is 125 Å². The summed E-state index contributed by atoms with van der Waals surface area (Å²) in [6.45, 7) is 5.79. The predicted molar refractivity (Wildman–Crippen MR) is 80.7 cm³/mol. The highest BCUT2D eigenvalue weighted by atomic mass is 16.5. The lowest BCUT2D eigenvalue weighted by Gasteiger charge is -2.05. The second-order valence-corrected chi connectivity index (χ2v) is 4.92. The van der Waals surface area contributed by atoms with E-state index >= 15 is 0 Å². The lowest BCUT2D eigenvalue weighted by atomic mass is 10.3. The Hall–Kier alpha value is -2.83. The van der Waals surface area contributed by atoms with Gasteiger partial charge in [0.05, 0.1) is 24.2 Å². The first-order valence-electron chi connectivity index (χ1n) is 6.73. The van der Waals surface area contributed by atoms with Gasteiger partial charge in [0.25, 0.3) is 5.56 Å². The van der Waals surface area contributed by atoms with E-state index in [1.165, 1.54) is 13.3 Å². The molecule has 3 aromatic rings. The fourth-order valence-corrected chi connectivity index (χ4v) is 2.54. The second-order valence-electron chi connectivity index (χ2n) is 4.92. The number of carbonyl (C=O) groups is 1. The zero-order valence-electron chi connectivity index (χ0n) is 12.3. The highest BCUT2D eigenvalue weighted by molar-refractivity contribution is 6.04. The van der Waals surface area contributed by atoms with Gasteiger partial charge in [0.15, 0.2) is 5.58 Å². The van der Waals surface area contributed by atoms with Gasteiger partial charge in [0.2, 0.25) is 0 Å². The number of rotatable bonds is 4. The Morgan fingerprint density at radius 2 is 2.32 bits per heavy atom. The summed E-state index contributed by atoms with van der Waals surface area (Å²) in [5.74, 6) is 0.221. The molecule has 0 aliphatic heterocycles. The molecule has 0 saturated carbocycles. The minimum Gasteiger partial charge on any atom is -0.468 e. The monoisotopic (exact) mass is 301 g/mol. The van der Waals surface area contributed by atoms with Gasteiger partial charge in [-0.1, -0.05) is 6.08 Å². The van der Waals surface area contributed by atoms with E-state index in [4.69, 9.17) is 4.42 Å². The van der Waals surface area contributed by atoms with E-state index in [-0.39, 0.29) is 12.1 Å². The van der Waals surface area contributed by atoms with Crippen molar-refractivity contribution in [2.24, 2.45) is 0 Å². The minimum atomic E-state index is -0.532. The van der Waals surface area contributed by atoms with E-state index in [0.29, 0.717) is 23.0 Å². The zero-order valence-corrected chi connectivity index (χ0v) is 12.3. The molecule has 0 bridgehead atoms. The summed E-state index contributed by atoms with van der Waals surface area (Å²) in [6, 6.07) is 1.86. The van der Waals surface area contributed by atoms with Crippen LogP contribution < -0.4 is 5.56 Å². The molecule has 7 heteroatoms. The average Bonchev–Trinajstić information content (AvgIpc) is 2.99. The molecular weight excluding hydrogens is 286 g/mol. The predicted octanol–water partition coefficient (Wildman–Crippen LogP) is 1.61. The molecule has 0 amide bonds. The first-order chi connectivity index (χ1) is 10.6. The summed E-state index contributed by atoms with van der Waals surface area (Å²) < 4.78 is 13.1. The fourth-order valence-electron chi connectivity index (χ4n) is 2.54. The van der Waals surface area contributed by atoms with Crippen molar-refractivity contribution in [2.75, 3.05) is 7.11 Å². The number of carbonyl (C=O) groups excluding carboxylic acids is 1. The van der Waals surface area contributed by atoms with Gasteiger partial charge in [-0.25, -0.2) is 4.68 Å². The van der Waals surface area contributed by atoms with E-state index in [1.54, 1.807) is 6.08 Å². The molecule has 0 atom stereocenters. The maximum absolute atomic E-state index is 12.6. The SMILES string of the molecule is C=CCn1c2cc(C)oc2c2cnn(CC(=O)OC)c(=O)c21. The molecule has 3 heterocycles. The van der Waals surface area contributed by atoms with Gasteiger partial charge in [0.1, 0.15) is 17.8 Å². The molecule has 0 aliphatic carbocycles. The largest absolute Gasteiger partial charge is 0.468 e. The number of allylic oxidation sites excluding steroid dienone is 1. The molecule has 0 unspecified atom stereocenters. The molecule has 0 N–H and O–H groups in total. The summed E-state index contributed by atoms with van der Waals surface area (Å²) in [4.78, 5) is 24.0. The Kier molecular flexibility index (Phi) is 3.32. The third-order valence-corrected chi connectivity index (χ3v) is 3.48. The molecular formula is C15H15N3O4. The Balaban J connectivity index is 2.33. The quantitative estimate of drug-likeness (QED) is 0.540. The van der Waals surface area contributed by atoms with Crippen LogP contribution in [0.2, 0.25) is 0 Å². The van der Waals surface area contributed by atoms with Gasteiger partial charge in [-0.05, 0) is 6.92 Å². The number of furan rings is 1. The first-order valence-corrected chi connectivity index (χ1v) is 6.73. The summed E-state index contributed by atoms with van der Waals surface area (Å²) >= 11 is 0. The number of nitrogens with zero attached hydrogens (tertiary/aromatic N) is 3. The third kappa shape index (κ3) is 2.02. The second kappa shape index (κ2) is 5.18. The highest BCUT2D eigenvalue weighted by Gasteiger charge is 2.19. The Bertz CT molecular complexity index is 945. The van der Waals surface area contributed by atoms with E-state index in [1.807, 2.05) is 17.6 Å². The molecule has 0 saturated heterocycles. The van der Waals surface area contributed by atoms with Gasteiger partial charge in [-0.2, -0.15) is 5.10 Å². The molecule has 114 valence electrons. The van der Waals surface area contributed by atoms with Crippen LogP contribution in [0.4, 0.5) is 0 Å². The molecule has 0 aromatic carbocycles. The van der Waals surface area contributed by atoms with Crippen LogP contribution in [0.15, 0.2) is 34.1 Å². The van der Waals surface area contributed by atoms with E-state index in [9.17, 15) is 9.59 Å². The summed E-state index contributed by atoms with van der Waals surface area (Å²) in [5, 5.41) is 4.65. The summed E-state index contributed by atoms with van der Waals surface area (Å²) in [6.07, 6.45) is 3.23. The number of esters is 1. The third-order valence-electron chi connectivity index (χ3n) is 3.48. The van der Waals surface area contributed by atoms with Crippen molar-refractivity contribution in [3.8, 4) is 0 Å². The molecule has 0 spiro atoms.